The van der Waals surface area contributed by atoms with Crippen LogP contribution in [0.15, 0.2) is 57.9 Å². The zero-order valence-electron chi connectivity index (χ0n) is 12.7. The molecule has 0 aliphatic rings. The molecule has 0 aliphatic heterocycles. The molecule has 0 saturated heterocycles. The predicted molar refractivity (Wildman–Crippen MR) is 91.5 cm³/mol. The van der Waals surface area contributed by atoms with Crippen molar-refractivity contribution < 1.29 is 13.5 Å². The van der Waals surface area contributed by atoms with E-state index < -0.39 is 20.7 Å². The lowest BCUT2D eigenvalue weighted by molar-refractivity contribution is 0.0564. The maximum Gasteiger partial charge on any atom is 0.184 e. The molecule has 0 radical (unpaired) electrons. The largest absolute Gasteiger partial charge is 0.384 e. The van der Waals surface area contributed by atoms with Crippen LogP contribution in [0.3, 0.4) is 0 Å². The lowest BCUT2D eigenvalue weighted by atomic mass is 9.93. The topological polar surface area (TPSA) is 54.4 Å². The van der Waals surface area contributed by atoms with Gasteiger partial charge in [-0.15, -0.1) is 0 Å². The number of sulfone groups is 1. The van der Waals surface area contributed by atoms with Gasteiger partial charge in [0, 0.05) is 4.47 Å². The molecule has 0 bridgehead atoms. The van der Waals surface area contributed by atoms with Crippen LogP contribution in [0.2, 0.25) is 0 Å². The van der Waals surface area contributed by atoms with Gasteiger partial charge in [-0.05, 0) is 50.6 Å². The molecular weight excluding hydrogens is 364 g/mol. The van der Waals surface area contributed by atoms with Crippen molar-refractivity contribution in [2.75, 3.05) is 0 Å². The number of hydrogen-bond acceptors (Lipinski definition) is 3. The van der Waals surface area contributed by atoms with Crippen molar-refractivity contribution >= 4 is 25.8 Å². The van der Waals surface area contributed by atoms with Crippen molar-refractivity contribution in [3.63, 3.8) is 0 Å². The standard InChI is InChI=1S/C17H19BrO3S/c1-12-4-10-16(11-5-12)22(20,21)13(2)17(3,19)14-6-8-15(18)9-7-14/h4-11,13,19H,1-3H3. The van der Waals surface area contributed by atoms with Crippen LogP contribution in [0.1, 0.15) is 25.0 Å². The molecule has 0 heterocycles. The highest BCUT2D eigenvalue weighted by Gasteiger charge is 2.40. The van der Waals surface area contributed by atoms with Gasteiger partial charge in [-0.1, -0.05) is 45.8 Å². The fraction of sp³-hybridized carbons (Fsp3) is 0.294. The van der Waals surface area contributed by atoms with Crippen molar-refractivity contribution in [3.8, 4) is 0 Å². The van der Waals surface area contributed by atoms with E-state index in [9.17, 15) is 13.5 Å². The Hall–Kier alpha value is -1.17. The second-order valence-corrected chi connectivity index (χ2v) is 8.84. The quantitative estimate of drug-likeness (QED) is 0.873. The highest BCUT2D eigenvalue weighted by Crippen LogP contribution is 2.33. The summed E-state index contributed by atoms with van der Waals surface area (Å²) in [5.41, 5.74) is 0.0786. The van der Waals surface area contributed by atoms with E-state index in [0.29, 0.717) is 5.56 Å². The molecule has 22 heavy (non-hydrogen) atoms. The molecule has 3 nitrogen and oxygen atoms in total. The molecule has 5 heteroatoms. The minimum absolute atomic E-state index is 0.225. The summed E-state index contributed by atoms with van der Waals surface area (Å²) in [5.74, 6) is 0. The lowest BCUT2D eigenvalue weighted by Gasteiger charge is -2.30. The van der Waals surface area contributed by atoms with E-state index in [1.54, 1.807) is 48.5 Å². The Balaban J connectivity index is 2.42. The van der Waals surface area contributed by atoms with E-state index >= 15 is 0 Å². The fourth-order valence-corrected chi connectivity index (χ4v) is 4.18. The Morgan fingerprint density at radius 3 is 2.05 bits per heavy atom. The van der Waals surface area contributed by atoms with E-state index in [-0.39, 0.29) is 4.90 Å². The van der Waals surface area contributed by atoms with Gasteiger partial charge in [0.25, 0.3) is 0 Å². The van der Waals surface area contributed by atoms with Gasteiger partial charge >= 0.3 is 0 Å². The van der Waals surface area contributed by atoms with E-state index in [1.807, 2.05) is 6.92 Å². The van der Waals surface area contributed by atoms with Crippen molar-refractivity contribution in [1.29, 1.82) is 0 Å². The Labute approximate surface area is 140 Å². The first kappa shape index (κ1) is 17.2. The van der Waals surface area contributed by atoms with Crippen molar-refractivity contribution in [2.45, 2.75) is 36.5 Å². The zero-order valence-corrected chi connectivity index (χ0v) is 15.1. The predicted octanol–water partition coefficient (Wildman–Crippen LogP) is 3.83. The normalized spacial score (nSPS) is 16.0. The van der Waals surface area contributed by atoms with Crippen LogP contribution in [0.5, 0.6) is 0 Å². The molecule has 0 saturated carbocycles. The van der Waals surface area contributed by atoms with Gasteiger partial charge < -0.3 is 5.11 Å². The summed E-state index contributed by atoms with van der Waals surface area (Å²) >= 11 is 3.33. The third-order valence-corrected chi connectivity index (χ3v) is 6.88. The smallest absolute Gasteiger partial charge is 0.184 e. The Kier molecular flexibility index (Phi) is 4.80. The highest BCUT2D eigenvalue weighted by atomic mass is 79.9. The highest BCUT2D eigenvalue weighted by molar-refractivity contribution is 9.10. The summed E-state index contributed by atoms with van der Waals surface area (Å²) in [6.07, 6.45) is 0. The Bertz CT molecular complexity index is 747. The minimum atomic E-state index is -3.63. The summed E-state index contributed by atoms with van der Waals surface area (Å²) in [7, 11) is -3.63. The summed E-state index contributed by atoms with van der Waals surface area (Å²) < 4.78 is 26.4. The number of rotatable bonds is 4. The monoisotopic (exact) mass is 382 g/mol. The molecule has 0 aromatic heterocycles. The first-order valence-electron chi connectivity index (χ1n) is 6.94. The summed E-state index contributed by atoms with van der Waals surface area (Å²) in [5, 5.41) is 9.83. The summed E-state index contributed by atoms with van der Waals surface area (Å²) in [6.45, 7) is 4.97. The van der Waals surface area contributed by atoms with Crippen molar-refractivity contribution in [3.05, 3.63) is 64.1 Å². The van der Waals surface area contributed by atoms with Crippen LogP contribution in [-0.2, 0) is 15.4 Å². The molecule has 2 atom stereocenters. The van der Waals surface area contributed by atoms with Gasteiger partial charge in [0.1, 0.15) is 5.60 Å². The van der Waals surface area contributed by atoms with Gasteiger partial charge in [0.05, 0.1) is 10.1 Å². The van der Waals surface area contributed by atoms with Crippen LogP contribution in [0.25, 0.3) is 0 Å². The molecule has 0 amide bonds. The molecule has 118 valence electrons. The molecule has 0 spiro atoms. The fourth-order valence-electron chi connectivity index (χ4n) is 2.26. The number of aryl methyl sites for hydroxylation is 1. The minimum Gasteiger partial charge on any atom is -0.384 e. The summed E-state index contributed by atoms with van der Waals surface area (Å²) in [4.78, 5) is 0.225. The van der Waals surface area contributed by atoms with E-state index in [0.717, 1.165) is 10.0 Å². The molecular formula is C17H19BrO3S. The van der Waals surface area contributed by atoms with E-state index in [1.165, 1.54) is 13.8 Å². The van der Waals surface area contributed by atoms with Gasteiger partial charge in [-0.2, -0.15) is 0 Å². The third-order valence-electron chi connectivity index (χ3n) is 4.04. The zero-order chi connectivity index (χ0) is 16.5. The Morgan fingerprint density at radius 1 is 1.05 bits per heavy atom. The molecule has 2 aromatic carbocycles. The van der Waals surface area contributed by atoms with Gasteiger partial charge in [0.2, 0.25) is 0 Å². The Morgan fingerprint density at radius 2 is 1.55 bits per heavy atom. The number of halogens is 1. The van der Waals surface area contributed by atoms with E-state index in [2.05, 4.69) is 15.9 Å². The maximum absolute atomic E-state index is 12.8. The first-order valence-corrected chi connectivity index (χ1v) is 9.28. The van der Waals surface area contributed by atoms with Crippen LogP contribution in [-0.4, -0.2) is 18.8 Å². The van der Waals surface area contributed by atoms with Crippen LogP contribution >= 0.6 is 15.9 Å². The van der Waals surface area contributed by atoms with Crippen molar-refractivity contribution in [2.24, 2.45) is 0 Å². The molecule has 2 aromatic rings. The van der Waals surface area contributed by atoms with Crippen LogP contribution in [0.4, 0.5) is 0 Å². The van der Waals surface area contributed by atoms with Crippen molar-refractivity contribution in [1.82, 2.24) is 0 Å². The molecule has 1 N–H and O–H groups in total. The van der Waals surface area contributed by atoms with E-state index in [4.69, 9.17) is 0 Å². The van der Waals surface area contributed by atoms with Gasteiger partial charge in [0.15, 0.2) is 9.84 Å². The number of benzene rings is 2. The third kappa shape index (κ3) is 3.26. The number of hydrogen-bond donors (Lipinski definition) is 1. The van der Waals surface area contributed by atoms with Crippen LogP contribution < -0.4 is 0 Å². The molecule has 0 aliphatic carbocycles. The average Bonchev–Trinajstić information content (AvgIpc) is 2.47. The summed E-state index contributed by atoms with van der Waals surface area (Å²) in [6, 6.07) is 13.7. The number of aliphatic hydroxyl groups is 1. The molecule has 2 unspecified atom stereocenters. The average molecular weight is 383 g/mol. The van der Waals surface area contributed by atoms with Gasteiger partial charge in [-0.25, -0.2) is 8.42 Å². The maximum atomic E-state index is 12.8. The molecule has 2 rings (SSSR count). The second kappa shape index (κ2) is 6.14. The van der Waals surface area contributed by atoms with Crippen LogP contribution in [0, 0.1) is 6.92 Å². The second-order valence-electron chi connectivity index (χ2n) is 5.65. The SMILES string of the molecule is Cc1ccc(S(=O)(=O)C(C)C(C)(O)c2ccc(Br)cc2)cc1. The lowest BCUT2D eigenvalue weighted by Crippen LogP contribution is -2.40. The first-order chi connectivity index (χ1) is 10.2. The van der Waals surface area contributed by atoms with Gasteiger partial charge in [-0.3, -0.25) is 0 Å². The molecule has 0 fully saturated rings.